The van der Waals surface area contributed by atoms with Gasteiger partial charge in [0.15, 0.2) is 18.0 Å². The van der Waals surface area contributed by atoms with Crippen molar-refractivity contribution in [2.24, 2.45) is 11.8 Å². The minimum absolute atomic E-state index is 0.118. The second kappa shape index (κ2) is 15.8. The molecular weight excluding hydrogens is 659 g/mol. The third kappa shape index (κ3) is 8.55. The number of nitrogens with two attached hydrogens (primary N) is 1. The van der Waals surface area contributed by atoms with Crippen molar-refractivity contribution in [3.8, 4) is 11.8 Å². The quantitative estimate of drug-likeness (QED) is 0.131. The molecule has 0 aliphatic carbocycles. The number of esters is 3. The predicted octanol–water partition coefficient (Wildman–Crippen LogP) is 3.92. The summed E-state index contributed by atoms with van der Waals surface area (Å²) in [5.41, 5.74) is 4.48. The molecule has 49 heavy (non-hydrogen) atoms. The molecule has 0 radical (unpaired) electrons. The summed E-state index contributed by atoms with van der Waals surface area (Å²) in [4.78, 5) is 42.8. The second-order valence-electron chi connectivity index (χ2n) is 12.0. The van der Waals surface area contributed by atoms with Gasteiger partial charge in [-0.15, -0.1) is 0 Å². The highest BCUT2D eigenvalue weighted by Crippen LogP contribution is 2.50. The van der Waals surface area contributed by atoms with E-state index in [1.165, 1.54) is 29.9 Å². The Hall–Kier alpha value is -4.55. The Morgan fingerprint density at radius 2 is 1.73 bits per heavy atom. The van der Waals surface area contributed by atoms with E-state index in [1.807, 2.05) is 13.0 Å². The zero-order chi connectivity index (χ0) is 35.9. The van der Waals surface area contributed by atoms with Crippen LogP contribution in [0.5, 0.6) is 5.75 Å². The van der Waals surface area contributed by atoms with E-state index in [0.29, 0.717) is 11.9 Å². The van der Waals surface area contributed by atoms with Crippen LogP contribution >= 0.6 is 7.75 Å². The summed E-state index contributed by atoms with van der Waals surface area (Å²) in [5, 5.41) is 17.6. The Morgan fingerprint density at radius 1 is 1.06 bits per heavy atom. The number of benzene rings is 1. The Kier molecular flexibility index (Phi) is 12.0. The molecule has 0 spiro atoms. The average Bonchev–Trinajstić information content (AvgIpc) is 3.63. The number of nitrogens with zero attached hydrogens (tertiary/aromatic N) is 4. The zero-order valence-electron chi connectivity index (χ0n) is 28.1. The minimum atomic E-state index is -4.53. The highest BCUT2D eigenvalue weighted by atomic mass is 31.2. The van der Waals surface area contributed by atoms with Gasteiger partial charge in [-0.2, -0.15) is 15.4 Å². The van der Waals surface area contributed by atoms with E-state index in [2.05, 4.69) is 15.2 Å². The molecule has 4 rings (SSSR count). The van der Waals surface area contributed by atoms with Crippen molar-refractivity contribution in [2.45, 2.75) is 77.9 Å². The predicted molar refractivity (Wildman–Crippen MR) is 173 cm³/mol. The summed E-state index contributed by atoms with van der Waals surface area (Å²) < 4.78 is 50.6. The fraction of sp³-hybridized carbons (Fsp3) is 0.500. The van der Waals surface area contributed by atoms with Crippen LogP contribution in [0.4, 0.5) is 5.82 Å². The first-order valence-corrected chi connectivity index (χ1v) is 17.3. The molecule has 3 heterocycles. The largest absolute Gasteiger partial charge is 0.465 e. The number of fused-ring (bicyclic) bond motifs is 1. The number of para-hydroxylation sites is 1. The van der Waals surface area contributed by atoms with Gasteiger partial charge in [0.1, 0.15) is 42.4 Å². The second-order valence-corrected chi connectivity index (χ2v) is 13.7. The van der Waals surface area contributed by atoms with Crippen LogP contribution < -0.4 is 15.3 Å². The zero-order valence-corrected chi connectivity index (χ0v) is 29.0. The summed E-state index contributed by atoms with van der Waals surface area (Å²) in [6, 6.07) is 12.0. The van der Waals surface area contributed by atoms with Gasteiger partial charge in [0, 0.05) is 0 Å². The van der Waals surface area contributed by atoms with E-state index < -0.39 is 74.1 Å². The topological polar surface area (TPSA) is 216 Å². The fourth-order valence-electron chi connectivity index (χ4n) is 4.77. The van der Waals surface area contributed by atoms with Gasteiger partial charge in [-0.3, -0.25) is 18.9 Å². The summed E-state index contributed by atoms with van der Waals surface area (Å²) in [5.74, 6) is -3.15. The van der Waals surface area contributed by atoms with Crippen LogP contribution in [0, 0.1) is 23.2 Å². The van der Waals surface area contributed by atoms with E-state index >= 15 is 0 Å². The summed E-state index contributed by atoms with van der Waals surface area (Å²) in [6.07, 6.45) is -2.53. The van der Waals surface area contributed by atoms with Crippen LogP contribution in [0.15, 0.2) is 48.8 Å². The number of aromatic nitrogens is 3. The molecule has 0 amide bonds. The van der Waals surface area contributed by atoms with E-state index in [-0.39, 0.29) is 23.9 Å². The van der Waals surface area contributed by atoms with Crippen LogP contribution in [-0.2, 0) is 42.4 Å². The van der Waals surface area contributed by atoms with Gasteiger partial charge in [0.25, 0.3) is 0 Å². The lowest BCUT2D eigenvalue weighted by Gasteiger charge is -2.31. The maximum atomic E-state index is 14.3. The molecule has 0 saturated carbocycles. The van der Waals surface area contributed by atoms with Crippen LogP contribution in [0.25, 0.3) is 5.52 Å². The van der Waals surface area contributed by atoms with Gasteiger partial charge in [0.2, 0.25) is 5.60 Å². The summed E-state index contributed by atoms with van der Waals surface area (Å²) >= 11 is 0. The summed E-state index contributed by atoms with van der Waals surface area (Å²) in [6.45, 7) is 8.90. The first kappa shape index (κ1) is 37.3. The Labute approximate surface area is 283 Å². The van der Waals surface area contributed by atoms with Crippen LogP contribution in [-0.4, -0.2) is 69.6 Å². The minimum Gasteiger partial charge on any atom is -0.465 e. The molecule has 1 aliphatic heterocycles. The molecule has 0 unspecified atom stereocenters. The van der Waals surface area contributed by atoms with E-state index in [4.69, 9.17) is 33.7 Å². The maximum Gasteiger partial charge on any atom is 0.459 e. The SMILES string of the molecule is CCCOC(=O)[C@H](C)N[P@@](=O)(OC[C@@]1(C#N)O[C@@H](c2ccc3c(N)ncnn23)[C@H](OC(=O)C(C)C)[C@@H]1OC(=O)C(C)C)Oc1ccccc1. The van der Waals surface area contributed by atoms with Crippen molar-refractivity contribution in [3.63, 3.8) is 0 Å². The third-order valence-electron chi connectivity index (χ3n) is 7.40. The molecule has 0 bridgehead atoms. The van der Waals surface area contributed by atoms with Crippen molar-refractivity contribution in [1.29, 1.82) is 5.26 Å². The molecule has 17 heteroatoms. The van der Waals surface area contributed by atoms with Crippen molar-refractivity contribution >= 4 is 37.0 Å². The van der Waals surface area contributed by atoms with Gasteiger partial charge < -0.3 is 29.2 Å². The number of ether oxygens (including phenoxy) is 4. The molecule has 3 N–H and O–H groups in total. The van der Waals surface area contributed by atoms with E-state index in [9.17, 15) is 24.2 Å². The molecule has 2 aromatic heterocycles. The van der Waals surface area contributed by atoms with Crippen LogP contribution in [0.3, 0.4) is 0 Å². The van der Waals surface area contributed by atoms with Gasteiger partial charge in [-0.05, 0) is 37.6 Å². The van der Waals surface area contributed by atoms with Crippen molar-refractivity contribution < 1.29 is 46.9 Å². The molecule has 1 fully saturated rings. The lowest BCUT2D eigenvalue weighted by atomic mass is 9.95. The van der Waals surface area contributed by atoms with E-state index in [1.54, 1.807) is 58.0 Å². The van der Waals surface area contributed by atoms with Gasteiger partial charge >= 0.3 is 25.7 Å². The van der Waals surface area contributed by atoms with Crippen molar-refractivity contribution in [3.05, 3.63) is 54.5 Å². The number of anilines is 1. The number of nitrogen functional groups attached to an aromatic ring is 1. The highest BCUT2D eigenvalue weighted by molar-refractivity contribution is 7.52. The first-order valence-electron chi connectivity index (χ1n) is 15.8. The number of nitriles is 1. The third-order valence-corrected chi connectivity index (χ3v) is 9.02. The van der Waals surface area contributed by atoms with Gasteiger partial charge in [-0.25, -0.2) is 14.1 Å². The van der Waals surface area contributed by atoms with Crippen molar-refractivity contribution in [1.82, 2.24) is 19.7 Å². The molecule has 264 valence electrons. The fourth-order valence-corrected chi connectivity index (χ4v) is 6.29. The van der Waals surface area contributed by atoms with E-state index in [0.717, 1.165) is 0 Å². The number of carbonyl (C=O) groups is 3. The lowest BCUT2D eigenvalue weighted by Crippen LogP contribution is -2.50. The average molecular weight is 701 g/mol. The van der Waals surface area contributed by atoms with Crippen molar-refractivity contribution in [2.75, 3.05) is 18.9 Å². The number of hydrogen-bond donors (Lipinski definition) is 2. The van der Waals surface area contributed by atoms with Gasteiger partial charge in [-0.1, -0.05) is 52.8 Å². The normalized spacial score (nSPS) is 22.3. The molecular formula is C32H41N6O10P. The molecule has 6 atom stereocenters. The lowest BCUT2D eigenvalue weighted by molar-refractivity contribution is -0.173. The number of carbonyl (C=O) groups excluding carboxylic acids is 3. The highest BCUT2D eigenvalue weighted by Gasteiger charge is 2.62. The number of nitrogens with one attached hydrogen (secondary N) is 1. The molecule has 1 aromatic carbocycles. The molecule has 3 aromatic rings. The molecule has 16 nitrogen and oxygen atoms in total. The smallest absolute Gasteiger partial charge is 0.459 e. The monoisotopic (exact) mass is 700 g/mol. The molecule has 1 aliphatic rings. The Morgan fingerprint density at radius 3 is 2.37 bits per heavy atom. The summed E-state index contributed by atoms with van der Waals surface area (Å²) in [7, 11) is -4.53. The Bertz CT molecular complexity index is 1730. The molecule has 1 saturated heterocycles. The van der Waals surface area contributed by atoms with Gasteiger partial charge in [0.05, 0.1) is 24.1 Å². The first-order chi connectivity index (χ1) is 23.2. The maximum absolute atomic E-state index is 14.3. The van der Waals surface area contributed by atoms with Crippen LogP contribution in [0.2, 0.25) is 0 Å². The number of hydrogen-bond acceptors (Lipinski definition) is 14. The number of rotatable bonds is 15. The standard InChI is InChI=1S/C32H41N6O10P/c1-7-15-43-31(41)21(6)37-49(42,48-22-11-9-8-10-12-22)44-17-32(16-33)27(46-30(40)20(4)5)26(45-29(39)19(2)3)25(47-32)23-13-14-24-28(34)35-18-36-38(23)24/h8-14,18-21,25-27H,7,15,17H2,1-6H3,(H,37,42)(H2,34,35,36)/t21-,25-,26-,27-,32+,49+/m0/s1. The van der Waals surface area contributed by atoms with Crippen LogP contribution in [0.1, 0.15) is 59.8 Å². The Balaban J connectivity index is 1.79.